The Morgan fingerprint density at radius 3 is 1.94 bits per heavy atom. The summed E-state index contributed by atoms with van der Waals surface area (Å²) < 4.78 is 27.3. The highest BCUT2D eigenvalue weighted by Crippen LogP contribution is 2.35. The van der Waals surface area contributed by atoms with Gasteiger partial charge in [-0.05, 0) is 69.9 Å². The molecule has 0 unspecified atom stereocenters. The molecule has 7 heterocycles. The smallest absolute Gasteiger partial charge is 0.260 e. The van der Waals surface area contributed by atoms with Gasteiger partial charge in [0.25, 0.3) is 11.8 Å². The normalized spacial score (nSPS) is 18.3. The van der Waals surface area contributed by atoms with Gasteiger partial charge in [0.1, 0.15) is 5.69 Å². The topological polar surface area (TPSA) is 165 Å². The number of hydrogen-bond donors (Lipinski definition) is 3. The molecule has 52 heavy (non-hydrogen) atoms. The summed E-state index contributed by atoms with van der Waals surface area (Å²) >= 11 is 0. The predicted octanol–water partition coefficient (Wildman–Crippen LogP) is 3.83. The van der Waals surface area contributed by atoms with Crippen molar-refractivity contribution < 1.29 is 18.9 Å². The van der Waals surface area contributed by atoms with Crippen molar-refractivity contribution in [1.29, 1.82) is 5.41 Å². The summed E-state index contributed by atoms with van der Waals surface area (Å²) in [7, 11) is 0. The van der Waals surface area contributed by atoms with E-state index in [-0.39, 0.29) is 23.1 Å². The largest absolute Gasteiger partial charge is 0.475 e. The van der Waals surface area contributed by atoms with Crippen molar-refractivity contribution in [2.45, 2.75) is 40.5 Å². The van der Waals surface area contributed by atoms with Crippen LogP contribution < -0.4 is 20.5 Å². The second-order valence-corrected chi connectivity index (χ2v) is 13.5. The Morgan fingerprint density at radius 1 is 0.788 bits per heavy atom. The fourth-order valence-electron chi connectivity index (χ4n) is 6.52. The van der Waals surface area contributed by atoms with Crippen molar-refractivity contribution in [3.63, 3.8) is 0 Å². The summed E-state index contributed by atoms with van der Waals surface area (Å²) in [6, 6.07) is 8.07. The zero-order valence-electron chi connectivity index (χ0n) is 30.6. The number of morpholine rings is 2. The number of hydrogen-bond acceptors (Lipinski definition) is 12. The van der Waals surface area contributed by atoms with Crippen molar-refractivity contribution in [2.24, 2.45) is 15.7 Å². The van der Waals surface area contributed by atoms with Crippen LogP contribution in [-0.4, -0.2) is 125 Å². The van der Waals surface area contributed by atoms with Gasteiger partial charge in [-0.15, -0.1) is 10.2 Å². The minimum Gasteiger partial charge on any atom is -0.475 e. The lowest BCUT2D eigenvalue weighted by atomic mass is 10.2. The lowest BCUT2D eigenvalue weighted by Gasteiger charge is -2.26. The molecule has 0 amide bonds. The first-order valence-corrected chi connectivity index (χ1v) is 18.1. The van der Waals surface area contributed by atoms with Crippen LogP contribution in [0.25, 0.3) is 11.0 Å². The van der Waals surface area contributed by atoms with Gasteiger partial charge in [-0.25, -0.2) is 19.0 Å². The molecule has 0 aliphatic carbocycles. The summed E-state index contributed by atoms with van der Waals surface area (Å²) in [6.45, 7) is 17.7. The number of nitrogens with two attached hydrogens (primary N) is 1. The minimum absolute atomic E-state index is 0.115. The first-order valence-electron chi connectivity index (χ1n) is 18.1. The number of dihydropyridines is 1. The maximum absolute atomic E-state index is 8.84. The molecular weight excluding hydrogens is 662 g/mol. The summed E-state index contributed by atoms with van der Waals surface area (Å²) in [5.74, 6) is 1.37. The number of rotatable bonds is 12. The van der Waals surface area contributed by atoms with Crippen LogP contribution in [0.5, 0.6) is 11.8 Å². The van der Waals surface area contributed by atoms with Crippen LogP contribution in [0, 0.1) is 33.1 Å². The number of aryl methyl sites for hydroxylation is 4. The lowest BCUT2D eigenvalue weighted by molar-refractivity contribution is 0.0357. The standard InChI is InChI=1S/C37H49N11O4/c1-24-7-9-30-32(36(43-47(30)26(24)3)51-17-5-11-45-13-19-49-20-14-45)40-34-28(38)23-29(39)35(42-34)41-33-31-10-8-25(2)27(4)48(31)44-37(33)52-18-6-12-46-15-21-50-22-16-46/h7-10,23,38H,5-6,11-22,39H2,1-4H3,(H,40,41,42). The number of ether oxygens (including phenoxy) is 4. The zero-order valence-corrected chi connectivity index (χ0v) is 30.6. The Morgan fingerprint density at radius 2 is 1.33 bits per heavy atom. The van der Waals surface area contributed by atoms with E-state index in [0.29, 0.717) is 36.3 Å². The van der Waals surface area contributed by atoms with E-state index >= 15 is 0 Å². The first-order chi connectivity index (χ1) is 25.3. The average Bonchev–Trinajstić information content (AvgIpc) is 3.69. The van der Waals surface area contributed by atoms with Crippen molar-refractivity contribution in [2.75, 3.05) is 84.2 Å². The quantitative estimate of drug-likeness (QED) is 0.184. The van der Waals surface area contributed by atoms with Gasteiger partial charge in [0, 0.05) is 50.7 Å². The molecule has 15 nitrogen and oxygen atoms in total. The molecule has 15 heteroatoms. The molecule has 2 fully saturated rings. The monoisotopic (exact) mass is 711 g/mol. The van der Waals surface area contributed by atoms with Gasteiger partial charge in [-0.1, -0.05) is 12.1 Å². The van der Waals surface area contributed by atoms with Gasteiger partial charge >= 0.3 is 0 Å². The summed E-state index contributed by atoms with van der Waals surface area (Å²) in [4.78, 5) is 14.5. The zero-order chi connectivity index (χ0) is 36.2. The Balaban J connectivity index is 1.16. The molecule has 0 saturated carbocycles. The molecule has 3 aliphatic heterocycles. The van der Waals surface area contributed by atoms with Crippen LogP contribution in [0.1, 0.15) is 35.4 Å². The molecule has 276 valence electrons. The molecule has 4 aromatic heterocycles. The van der Waals surface area contributed by atoms with E-state index in [1.165, 1.54) is 0 Å². The summed E-state index contributed by atoms with van der Waals surface area (Å²) in [6.07, 6.45) is 3.24. The molecule has 4 N–H and O–H groups in total. The fraction of sp³-hybridized carbons (Fsp3) is 0.486. The van der Waals surface area contributed by atoms with Crippen LogP contribution in [-0.2, 0) is 9.47 Å². The molecule has 0 atom stereocenters. The minimum atomic E-state index is 0.115. The van der Waals surface area contributed by atoms with E-state index in [0.717, 1.165) is 112 Å². The van der Waals surface area contributed by atoms with Crippen molar-refractivity contribution in [3.8, 4) is 11.8 Å². The molecule has 4 aromatic rings. The van der Waals surface area contributed by atoms with Crippen LogP contribution in [0.15, 0.2) is 46.0 Å². The van der Waals surface area contributed by atoms with Crippen LogP contribution in [0.4, 0.5) is 11.4 Å². The van der Waals surface area contributed by atoms with E-state index in [9.17, 15) is 0 Å². The highest BCUT2D eigenvalue weighted by Gasteiger charge is 2.24. The van der Waals surface area contributed by atoms with E-state index < -0.39 is 0 Å². The highest BCUT2D eigenvalue weighted by molar-refractivity contribution is 6.52. The Hall–Kier alpha value is -4.83. The number of fused-ring (bicyclic) bond motifs is 2. The van der Waals surface area contributed by atoms with Crippen LogP contribution >= 0.6 is 0 Å². The van der Waals surface area contributed by atoms with Gasteiger partial charge < -0.3 is 30.0 Å². The molecule has 2 saturated heterocycles. The molecular formula is C37H49N11O4. The van der Waals surface area contributed by atoms with Crippen molar-refractivity contribution in [1.82, 2.24) is 29.0 Å². The molecule has 7 rings (SSSR count). The third-order valence-corrected chi connectivity index (χ3v) is 9.93. The van der Waals surface area contributed by atoms with Crippen molar-refractivity contribution >= 4 is 39.8 Å². The lowest BCUT2D eigenvalue weighted by Crippen LogP contribution is -2.37. The number of aliphatic imine (C=N–C) groups is 2. The molecule has 0 radical (unpaired) electrons. The van der Waals surface area contributed by atoms with Crippen LogP contribution in [0.3, 0.4) is 0 Å². The van der Waals surface area contributed by atoms with Gasteiger partial charge in [-0.3, -0.25) is 15.2 Å². The fourth-order valence-corrected chi connectivity index (χ4v) is 6.52. The van der Waals surface area contributed by atoms with E-state index in [2.05, 4.69) is 28.1 Å². The number of aromatic nitrogens is 4. The predicted molar refractivity (Wildman–Crippen MR) is 202 cm³/mol. The Labute approximate surface area is 303 Å². The van der Waals surface area contributed by atoms with E-state index in [1.54, 1.807) is 6.08 Å². The van der Waals surface area contributed by atoms with Crippen molar-refractivity contribution in [3.05, 3.63) is 58.6 Å². The van der Waals surface area contributed by atoms with Gasteiger partial charge in [-0.2, -0.15) is 0 Å². The maximum atomic E-state index is 8.84. The average molecular weight is 712 g/mol. The molecule has 3 aliphatic rings. The summed E-state index contributed by atoms with van der Waals surface area (Å²) in [5.41, 5.74) is 13.8. The van der Waals surface area contributed by atoms with Crippen LogP contribution in [0.2, 0.25) is 0 Å². The molecule has 0 bridgehead atoms. The van der Waals surface area contributed by atoms with Gasteiger partial charge in [0.05, 0.1) is 62.1 Å². The number of nitrogens with zero attached hydrogens (tertiary/aromatic N) is 8. The highest BCUT2D eigenvalue weighted by atomic mass is 16.5. The number of nitrogens with one attached hydrogen (secondary N) is 2. The molecule has 0 aromatic carbocycles. The van der Waals surface area contributed by atoms with Gasteiger partial charge in [0.15, 0.2) is 17.4 Å². The van der Waals surface area contributed by atoms with E-state index in [4.69, 9.17) is 50.3 Å². The Kier molecular flexibility index (Phi) is 10.8. The third-order valence-electron chi connectivity index (χ3n) is 9.93. The SMILES string of the molecule is Cc1ccc2c(N=C3N=C(Nc4c(OCCCN5CCOCC5)nn5c(C)c(C)ccc45)C(=N)C=C3N)c(OCCCN3CCOCC3)nn2c1C. The van der Waals surface area contributed by atoms with Gasteiger partial charge in [0.2, 0.25) is 0 Å². The number of amidine groups is 2. The second-order valence-electron chi connectivity index (χ2n) is 13.5. The summed E-state index contributed by atoms with van der Waals surface area (Å²) in [5, 5.41) is 21.9. The molecule has 0 spiro atoms. The number of anilines is 1. The maximum Gasteiger partial charge on any atom is 0.260 e. The third kappa shape index (κ3) is 7.67. The number of pyridine rings is 2. The Bertz CT molecular complexity index is 2030. The van der Waals surface area contributed by atoms with E-state index in [1.807, 2.05) is 48.0 Å². The second kappa shape index (κ2) is 15.8. The first kappa shape index (κ1) is 35.6.